The first-order chi connectivity index (χ1) is 11.6. The van der Waals surface area contributed by atoms with E-state index < -0.39 is 5.91 Å². The number of nitrogens with zero attached hydrogens (tertiary/aromatic N) is 2. The molecule has 1 amide bonds. The van der Waals surface area contributed by atoms with E-state index in [0.29, 0.717) is 22.0 Å². The molecule has 120 valence electrons. The summed E-state index contributed by atoms with van der Waals surface area (Å²) in [5.41, 5.74) is 8.26. The Balaban J connectivity index is 2.27. The highest BCUT2D eigenvalue weighted by Gasteiger charge is 2.23. The fourth-order valence-electron chi connectivity index (χ4n) is 2.58. The maximum atomic E-state index is 12.0. The summed E-state index contributed by atoms with van der Waals surface area (Å²) in [5, 5.41) is 5.13. The number of nitrogens with two attached hydrogens (primary N) is 1. The van der Waals surface area contributed by atoms with Gasteiger partial charge < -0.3 is 10.5 Å². The summed E-state index contributed by atoms with van der Waals surface area (Å²) in [6, 6.07) is 16.2. The summed E-state index contributed by atoms with van der Waals surface area (Å²) in [7, 11) is 0. The van der Waals surface area contributed by atoms with E-state index in [1.54, 1.807) is 24.3 Å². The third-order valence-corrected chi connectivity index (χ3v) is 3.87. The molecule has 6 heteroatoms. The smallest absolute Gasteiger partial charge is 0.267 e. The average molecular weight is 340 g/mol. The Labute approximate surface area is 143 Å². The summed E-state index contributed by atoms with van der Waals surface area (Å²) in [4.78, 5) is 23.1. The molecule has 0 aliphatic carbocycles. The van der Waals surface area contributed by atoms with Gasteiger partial charge in [-0.15, -0.1) is 0 Å². The highest BCUT2D eigenvalue weighted by atomic mass is 35.5. The minimum atomic E-state index is -0.636. The Morgan fingerprint density at radius 1 is 1.12 bits per heavy atom. The van der Waals surface area contributed by atoms with Gasteiger partial charge in [0.25, 0.3) is 5.91 Å². The predicted molar refractivity (Wildman–Crippen MR) is 92.3 cm³/mol. The van der Waals surface area contributed by atoms with Gasteiger partial charge in [0, 0.05) is 22.6 Å². The van der Waals surface area contributed by atoms with Crippen molar-refractivity contribution < 1.29 is 9.59 Å². The minimum Gasteiger partial charge on any atom is -0.364 e. The molecule has 3 rings (SSSR count). The molecule has 0 saturated carbocycles. The van der Waals surface area contributed by atoms with Crippen LogP contribution in [0.3, 0.4) is 0 Å². The van der Waals surface area contributed by atoms with E-state index in [1.165, 1.54) is 4.68 Å². The van der Waals surface area contributed by atoms with E-state index in [-0.39, 0.29) is 12.1 Å². The normalized spacial score (nSPS) is 10.5. The first-order valence-electron chi connectivity index (χ1n) is 7.28. The molecule has 5 nitrogen and oxygen atoms in total. The average Bonchev–Trinajstić information content (AvgIpc) is 2.96. The summed E-state index contributed by atoms with van der Waals surface area (Å²) in [6.07, 6.45) is 0.779. The third kappa shape index (κ3) is 2.94. The minimum absolute atomic E-state index is 0.0447. The van der Waals surface area contributed by atoms with Gasteiger partial charge in [-0.25, -0.2) is 4.68 Å². The van der Waals surface area contributed by atoms with E-state index >= 15 is 0 Å². The van der Waals surface area contributed by atoms with Gasteiger partial charge in [-0.3, -0.25) is 4.79 Å². The summed E-state index contributed by atoms with van der Waals surface area (Å²) in [6.45, 7) is 0. The third-order valence-electron chi connectivity index (χ3n) is 3.62. The van der Waals surface area contributed by atoms with Crippen LogP contribution < -0.4 is 5.73 Å². The maximum Gasteiger partial charge on any atom is 0.267 e. The number of para-hydroxylation sites is 1. The summed E-state index contributed by atoms with van der Waals surface area (Å²) >= 11 is 5.93. The number of carbonyl (C=O) groups excluding carboxylic acids is 2. The number of aldehydes is 1. The fraction of sp³-hybridized carbons (Fsp3) is 0.0556. The van der Waals surface area contributed by atoms with Crippen molar-refractivity contribution in [3.05, 3.63) is 70.9 Å². The van der Waals surface area contributed by atoms with Gasteiger partial charge in [0.15, 0.2) is 0 Å². The quantitative estimate of drug-likeness (QED) is 0.726. The van der Waals surface area contributed by atoms with E-state index in [4.69, 9.17) is 17.3 Å². The van der Waals surface area contributed by atoms with Crippen molar-refractivity contribution in [1.29, 1.82) is 0 Å². The van der Waals surface area contributed by atoms with E-state index in [2.05, 4.69) is 5.10 Å². The molecular formula is C18H14ClN3O2. The molecule has 0 atom stereocenters. The van der Waals surface area contributed by atoms with Gasteiger partial charge in [-0.2, -0.15) is 5.10 Å². The van der Waals surface area contributed by atoms with Gasteiger partial charge in [0.05, 0.1) is 11.4 Å². The molecular weight excluding hydrogens is 326 g/mol. The molecule has 0 aliphatic heterocycles. The van der Waals surface area contributed by atoms with Crippen LogP contribution in [0.5, 0.6) is 0 Å². The number of amides is 1. The second kappa shape index (κ2) is 6.68. The van der Waals surface area contributed by atoms with Gasteiger partial charge in [0.1, 0.15) is 12.0 Å². The molecule has 1 heterocycles. The zero-order chi connectivity index (χ0) is 17.1. The lowest BCUT2D eigenvalue weighted by atomic mass is 10.0. The molecule has 0 unspecified atom stereocenters. The van der Waals surface area contributed by atoms with Crippen LogP contribution in [0.2, 0.25) is 5.02 Å². The Hall–Kier alpha value is -2.92. The molecule has 0 radical (unpaired) electrons. The lowest BCUT2D eigenvalue weighted by Gasteiger charge is -2.05. The summed E-state index contributed by atoms with van der Waals surface area (Å²) in [5.74, 6) is -0.636. The van der Waals surface area contributed by atoms with Gasteiger partial charge in [-0.1, -0.05) is 41.9 Å². The number of aromatic nitrogens is 2. The first-order valence-corrected chi connectivity index (χ1v) is 7.66. The van der Waals surface area contributed by atoms with Crippen LogP contribution in [-0.2, 0) is 11.2 Å². The molecule has 0 aliphatic rings. The SMILES string of the molecule is NC(=O)c1c(CC=O)c(-c2ccc(Cl)cc2)nn1-c1ccccc1. The number of primary amides is 1. The Bertz CT molecular complexity index is 887. The van der Waals surface area contributed by atoms with Gasteiger partial charge >= 0.3 is 0 Å². The monoisotopic (exact) mass is 339 g/mol. The Morgan fingerprint density at radius 3 is 2.38 bits per heavy atom. The van der Waals surface area contributed by atoms with Crippen molar-refractivity contribution in [2.75, 3.05) is 0 Å². The largest absolute Gasteiger partial charge is 0.364 e. The zero-order valence-electron chi connectivity index (χ0n) is 12.6. The predicted octanol–water partition coefficient (Wildman–Crippen LogP) is 3.03. The van der Waals surface area contributed by atoms with Gasteiger partial charge in [0.2, 0.25) is 0 Å². The molecule has 0 bridgehead atoms. The first kappa shape index (κ1) is 16.0. The highest BCUT2D eigenvalue weighted by molar-refractivity contribution is 6.30. The highest BCUT2D eigenvalue weighted by Crippen LogP contribution is 2.28. The van der Waals surface area contributed by atoms with Crippen molar-refractivity contribution >= 4 is 23.8 Å². The van der Waals surface area contributed by atoms with E-state index in [1.807, 2.05) is 30.3 Å². The lowest BCUT2D eigenvalue weighted by molar-refractivity contribution is -0.107. The van der Waals surface area contributed by atoms with Crippen molar-refractivity contribution in [2.45, 2.75) is 6.42 Å². The summed E-state index contributed by atoms with van der Waals surface area (Å²) < 4.78 is 1.48. The number of halogens is 1. The maximum absolute atomic E-state index is 12.0. The molecule has 0 spiro atoms. The second-order valence-electron chi connectivity index (χ2n) is 5.17. The van der Waals surface area contributed by atoms with Crippen LogP contribution in [0.4, 0.5) is 0 Å². The Kier molecular flexibility index (Phi) is 4.44. The van der Waals surface area contributed by atoms with Crippen molar-refractivity contribution in [2.24, 2.45) is 5.73 Å². The van der Waals surface area contributed by atoms with Crippen molar-refractivity contribution in [1.82, 2.24) is 9.78 Å². The number of hydrogen-bond acceptors (Lipinski definition) is 3. The van der Waals surface area contributed by atoms with Crippen LogP contribution in [-0.4, -0.2) is 22.0 Å². The van der Waals surface area contributed by atoms with Crippen LogP contribution in [0, 0.1) is 0 Å². The Morgan fingerprint density at radius 2 is 1.79 bits per heavy atom. The number of benzene rings is 2. The van der Waals surface area contributed by atoms with E-state index in [0.717, 1.165) is 11.8 Å². The molecule has 0 saturated heterocycles. The second-order valence-corrected chi connectivity index (χ2v) is 5.60. The zero-order valence-corrected chi connectivity index (χ0v) is 13.4. The van der Waals surface area contributed by atoms with Crippen molar-refractivity contribution in [3.63, 3.8) is 0 Å². The van der Waals surface area contributed by atoms with Crippen molar-refractivity contribution in [3.8, 4) is 16.9 Å². The van der Waals surface area contributed by atoms with Gasteiger partial charge in [-0.05, 0) is 24.3 Å². The molecule has 2 aromatic carbocycles. The number of hydrogen-bond donors (Lipinski definition) is 1. The van der Waals surface area contributed by atoms with Crippen LogP contribution in [0.15, 0.2) is 54.6 Å². The number of carbonyl (C=O) groups is 2. The molecule has 2 N–H and O–H groups in total. The van der Waals surface area contributed by atoms with Crippen LogP contribution in [0.25, 0.3) is 16.9 Å². The lowest BCUT2D eigenvalue weighted by Crippen LogP contribution is -2.18. The fourth-order valence-corrected chi connectivity index (χ4v) is 2.70. The van der Waals surface area contributed by atoms with E-state index in [9.17, 15) is 9.59 Å². The van der Waals surface area contributed by atoms with Crippen LogP contribution in [0.1, 0.15) is 16.1 Å². The topological polar surface area (TPSA) is 78.0 Å². The standard InChI is InChI=1S/C18H14ClN3O2/c19-13-8-6-12(7-9-13)16-15(10-11-23)17(18(20)24)22(21-16)14-4-2-1-3-5-14/h1-9,11H,10H2,(H2,20,24). The molecule has 3 aromatic rings. The van der Waals surface area contributed by atoms with Crippen LogP contribution >= 0.6 is 11.6 Å². The number of rotatable bonds is 5. The molecule has 0 fully saturated rings. The molecule has 1 aromatic heterocycles. The molecule has 24 heavy (non-hydrogen) atoms.